The quantitative estimate of drug-likeness (QED) is 0.733. The van der Waals surface area contributed by atoms with E-state index in [1.54, 1.807) is 7.05 Å². The van der Waals surface area contributed by atoms with Crippen LogP contribution in [0.5, 0.6) is 0 Å². The van der Waals surface area contributed by atoms with Gasteiger partial charge < -0.3 is 4.57 Å². The van der Waals surface area contributed by atoms with Crippen molar-refractivity contribution in [2.45, 2.75) is 20.8 Å². The van der Waals surface area contributed by atoms with Crippen LogP contribution in [-0.2, 0) is 14.1 Å². The molecular formula is C12H16N4O. The number of hydrogen-bond acceptors (Lipinski definition) is 3. The molecule has 0 unspecified atom stereocenters. The smallest absolute Gasteiger partial charge is 0.234 e. The van der Waals surface area contributed by atoms with Gasteiger partial charge in [0, 0.05) is 31.0 Å². The summed E-state index contributed by atoms with van der Waals surface area (Å²) in [6.07, 6.45) is 1.54. The molecule has 0 radical (unpaired) electrons. The lowest BCUT2D eigenvalue weighted by Crippen LogP contribution is -2.07. The van der Waals surface area contributed by atoms with E-state index in [2.05, 4.69) is 10.1 Å². The van der Waals surface area contributed by atoms with Crippen molar-refractivity contribution in [2.75, 3.05) is 0 Å². The van der Waals surface area contributed by atoms with Gasteiger partial charge in [0.25, 0.3) is 0 Å². The van der Waals surface area contributed by atoms with Gasteiger partial charge in [-0.05, 0) is 26.3 Å². The zero-order valence-corrected chi connectivity index (χ0v) is 10.8. The van der Waals surface area contributed by atoms with Gasteiger partial charge in [0.05, 0.1) is 0 Å². The van der Waals surface area contributed by atoms with Gasteiger partial charge in [0.2, 0.25) is 11.6 Å². The Bertz CT molecular complexity index is 566. The third-order valence-electron chi connectivity index (χ3n) is 3.32. The highest BCUT2D eigenvalue weighted by Gasteiger charge is 2.22. The molecule has 2 aromatic rings. The molecule has 0 aliphatic rings. The molecule has 0 amide bonds. The van der Waals surface area contributed by atoms with Crippen LogP contribution in [0.2, 0.25) is 0 Å². The van der Waals surface area contributed by atoms with Crippen LogP contribution in [0, 0.1) is 20.8 Å². The largest absolute Gasteiger partial charge is 0.351 e. The Hall–Kier alpha value is -1.91. The van der Waals surface area contributed by atoms with Crippen molar-refractivity contribution < 1.29 is 4.79 Å². The second-order valence-corrected chi connectivity index (χ2v) is 4.30. The number of aromatic nitrogens is 4. The summed E-state index contributed by atoms with van der Waals surface area (Å²) >= 11 is 0. The lowest BCUT2D eigenvalue weighted by atomic mass is 10.1. The van der Waals surface area contributed by atoms with Crippen LogP contribution < -0.4 is 0 Å². The molecule has 0 saturated heterocycles. The van der Waals surface area contributed by atoms with Crippen LogP contribution >= 0.6 is 0 Å². The molecule has 0 atom stereocenters. The molecule has 17 heavy (non-hydrogen) atoms. The highest BCUT2D eigenvalue weighted by molar-refractivity contribution is 6.08. The highest BCUT2D eigenvalue weighted by atomic mass is 16.1. The van der Waals surface area contributed by atoms with E-state index in [1.807, 2.05) is 32.4 Å². The second kappa shape index (κ2) is 3.84. The minimum absolute atomic E-state index is 0.107. The minimum Gasteiger partial charge on any atom is -0.351 e. The van der Waals surface area contributed by atoms with Gasteiger partial charge in [-0.25, -0.2) is 4.98 Å². The predicted octanol–water partition coefficient (Wildman–Crippen LogP) is 1.31. The van der Waals surface area contributed by atoms with Crippen LogP contribution in [0.3, 0.4) is 0 Å². The molecule has 0 fully saturated rings. The summed E-state index contributed by atoms with van der Waals surface area (Å²) in [5.74, 6) is 0.147. The average molecular weight is 232 g/mol. The van der Waals surface area contributed by atoms with Gasteiger partial charge in [-0.3, -0.25) is 9.48 Å². The van der Waals surface area contributed by atoms with Crippen LogP contribution in [-0.4, -0.2) is 25.1 Å². The van der Waals surface area contributed by atoms with Crippen LogP contribution in [0.15, 0.2) is 6.33 Å². The molecule has 0 aliphatic heterocycles. The molecule has 0 spiro atoms. The fourth-order valence-electron chi connectivity index (χ4n) is 2.01. The molecule has 90 valence electrons. The fraction of sp³-hybridized carbons (Fsp3) is 0.417. The van der Waals surface area contributed by atoms with Crippen molar-refractivity contribution in [2.24, 2.45) is 14.1 Å². The molecule has 5 nitrogen and oxygen atoms in total. The van der Waals surface area contributed by atoms with Crippen LogP contribution in [0.25, 0.3) is 0 Å². The van der Waals surface area contributed by atoms with E-state index < -0.39 is 0 Å². The molecule has 0 bridgehead atoms. The summed E-state index contributed by atoms with van der Waals surface area (Å²) in [5, 5.41) is 4.05. The molecule has 0 aromatic carbocycles. The average Bonchev–Trinajstić information content (AvgIpc) is 2.79. The minimum atomic E-state index is -0.107. The first-order valence-corrected chi connectivity index (χ1v) is 5.46. The Morgan fingerprint density at radius 2 is 1.82 bits per heavy atom. The van der Waals surface area contributed by atoms with Crippen molar-refractivity contribution in [3.63, 3.8) is 0 Å². The number of rotatable bonds is 2. The first-order chi connectivity index (χ1) is 7.93. The summed E-state index contributed by atoms with van der Waals surface area (Å²) < 4.78 is 3.55. The molecule has 2 heterocycles. The maximum Gasteiger partial charge on any atom is 0.234 e. The summed E-state index contributed by atoms with van der Waals surface area (Å²) in [6.45, 7) is 5.90. The third kappa shape index (κ3) is 1.67. The Balaban J connectivity index is 2.55. The number of ketones is 1. The SMILES string of the molecule is Cc1c(C(=O)c2ncn(C)n2)c(C)n(C)c1C. The topological polar surface area (TPSA) is 52.7 Å². The van der Waals surface area contributed by atoms with Crippen molar-refractivity contribution in [3.8, 4) is 0 Å². The molecule has 0 aliphatic carbocycles. The number of aryl methyl sites for hydroxylation is 1. The van der Waals surface area contributed by atoms with Crippen molar-refractivity contribution >= 4 is 5.78 Å². The van der Waals surface area contributed by atoms with E-state index in [0.717, 1.165) is 22.5 Å². The van der Waals surface area contributed by atoms with Gasteiger partial charge in [0.1, 0.15) is 6.33 Å². The second-order valence-electron chi connectivity index (χ2n) is 4.30. The number of hydrogen-bond donors (Lipinski definition) is 0. The van der Waals surface area contributed by atoms with E-state index in [9.17, 15) is 4.79 Å². The van der Waals surface area contributed by atoms with Crippen molar-refractivity contribution in [3.05, 3.63) is 34.7 Å². The molecule has 0 N–H and O–H groups in total. The van der Waals surface area contributed by atoms with E-state index >= 15 is 0 Å². The Kier molecular flexibility index (Phi) is 2.61. The standard InChI is InChI=1S/C12H16N4O/c1-7-8(2)16(5)9(3)10(7)11(17)12-13-6-15(4)14-12/h6H,1-5H3. The Labute approximate surface area is 100 Å². The Morgan fingerprint density at radius 3 is 2.24 bits per heavy atom. The molecular weight excluding hydrogens is 216 g/mol. The summed E-state index contributed by atoms with van der Waals surface area (Å²) in [6, 6.07) is 0. The van der Waals surface area contributed by atoms with Crippen molar-refractivity contribution in [1.29, 1.82) is 0 Å². The zero-order chi connectivity index (χ0) is 12.7. The third-order valence-corrected chi connectivity index (χ3v) is 3.32. The number of carbonyl (C=O) groups excluding carboxylic acids is 1. The molecule has 5 heteroatoms. The van der Waals surface area contributed by atoms with Gasteiger partial charge in [-0.2, -0.15) is 0 Å². The number of carbonyl (C=O) groups is 1. The maximum absolute atomic E-state index is 12.3. The molecule has 2 rings (SSSR count). The number of nitrogens with zero attached hydrogens (tertiary/aromatic N) is 4. The van der Waals surface area contributed by atoms with E-state index in [1.165, 1.54) is 11.0 Å². The predicted molar refractivity (Wildman–Crippen MR) is 64.1 cm³/mol. The molecule has 0 saturated carbocycles. The van der Waals surface area contributed by atoms with Gasteiger partial charge in [-0.15, -0.1) is 5.10 Å². The molecule has 2 aromatic heterocycles. The normalized spacial score (nSPS) is 10.9. The van der Waals surface area contributed by atoms with Gasteiger partial charge in [0.15, 0.2) is 0 Å². The van der Waals surface area contributed by atoms with Crippen LogP contribution in [0.1, 0.15) is 33.1 Å². The van der Waals surface area contributed by atoms with E-state index in [-0.39, 0.29) is 11.6 Å². The Morgan fingerprint density at radius 1 is 1.18 bits per heavy atom. The first-order valence-electron chi connectivity index (χ1n) is 5.46. The first kappa shape index (κ1) is 11.6. The van der Waals surface area contributed by atoms with Gasteiger partial charge in [-0.1, -0.05) is 0 Å². The van der Waals surface area contributed by atoms with E-state index in [4.69, 9.17) is 0 Å². The lowest BCUT2D eigenvalue weighted by molar-refractivity contribution is 0.102. The fourth-order valence-corrected chi connectivity index (χ4v) is 2.01. The van der Waals surface area contributed by atoms with Crippen molar-refractivity contribution in [1.82, 2.24) is 19.3 Å². The summed E-state index contributed by atoms with van der Waals surface area (Å²) in [5.41, 5.74) is 3.78. The lowest BCUT2D eigenvalue weighted by Gasteiger charge is -1.99. The highest BCUT2D eigenvalue weighted by Crippen LogP contribution is 2.22. The monoisotopic (exact) mass is 232 g/mol. The van der Waals surface area contributed by atoms with Gasteiger partial charge >= 0.3 is 0 Å². The summed E-state index contributed by atoms with van der Waals surface area (Å²) in [7, 11) is 3.71. The maximum atomic E-state index is 12.3. The summed E-state index contributed by atoms with van der Waals surface area (Å²) in [4.78, 5) is 16.3. The van der Waals surface area contributed by atoms with E-state index in [0.29, 0.717) is 0 Å². The zero-order valence-electron chi connectivity index (χ0n) is 10.8. The van der Waals surface area contributed by atoms with Crippen LogP contribution in [0.4, 0.5) is 0 Å².